The van der Waals surface area contributed by atoms with Crippen LogP contribution in [0.5, 0.6) is 0 Å². The lowest BCUT2D eigenvalue weighted by Crippen LogP contribution is -2.25. The first kappa shape index (κ1) is 15.4. The summed E-state index contributed by atoms with van der Waals surface area (Å²) in [5, 5.41) is 3.12. The summed E-state index contributed by atoms with van der Waals surface area (Å²) in [6.45, 7) is 0.785. The topological polar surface area (TPSA) is 15.3 Å². The zero-order chi connectivity index (χ0) is 15.2. The van der Waals surface area contributed by atoms with Gasteiger partial charge in [0.05, 0.1) is 0 Å². The van der Waals surface area contributed by atoms with Gasteiger partial charge >= 0.3 is 0 Å². The van der Waals surface area contributed by atoms with Crippen molar-refractivity contribution in [1.29, 1.82) is 0 Å². The van der Waals surface area contributed by atoms with E-state index in [1.54, 1.807) is 7.05 Å². The Bertz CT molecular complexity index is 552. The van der Waals surface area contributed by atoms with Gasteiger partial charge in [0.1, 0.15) is 11.6 Å². The minimum Gasteiger partial charge on any atom is -0.375 e. The Hall–Kier alpha value is -1.94. The Morgan fingerprint density at radius 3 is 2.24 bits per heavy atom. The van der Waals surface area contributed by atoms with Gasteiger partial charge in [-0.1, -0.05) is 18.2 Å². The molecule has 2 aromatic carbocycles. The monoisotopic (exact) mass is 290 g/mol. The maximum Gasteiger partial charge on any atom is 0.126 e. The molecule has 0 aliphatic heterocycles. The molecule has 2 nitrogen and oxygen atoms in total. The molecule has 1 atom stereocenters. The van der Waals surface area contributed by atoms with Crippen molar-refractivity contribution in [2.24, 2.45) is 0 Å². The highest BCUT2D eigenvalue weighted by atomic mass is 19.1. The first-order valence-electron chi connectivity index (χ1n) is 6.99. The molecule has 0 radical (unpaired) electrons. The van der Waals surface area contributed by atoms with Gasteiger partial charge in [-0.05, 0) is 43.3 Å². The van der Waals surface area contributed by atoms with Gasteiger partial charge in [-0.2, -0.15) is 0 Å². The van der Waals surface area contributed by atoms with Crippen molar-refractivity contribution in [2.75, 3.05) is 25.5 Å². The predicted molar refractivity (Wildman–Crippen MR) is 82.5 cm³/mol. The van der Waals surface area contributed by atoms with E-state index in [-0.39, 0.29) is 6.04 Å². The molecule has 0 spiro atoms. The number of benzene rings is 2. The summed E-state index contributed by atoms with van der Waals surface area (Å²) in [7, 11) is 3.81. The molecule has 0 bridgehead atoms. The second-order valence-corrected chi connectivity index (χ2v) is 5.09. The van der Waals surface area contributed by atoms with E-state index in [0.717, 1.165) is 24.7 Å². The van der Waals surface area contributed by atoms with E-state index >= 15 is 0 Å². The van der Waals surface area contributed by atoms with Crippen molar-refractivity contribution in [3.05, 3.63) is 65.7 Å². The molecule has 112 valence electrons. The Labute approximate surface area is 124 Å². The third-order valence-corrected chi connectivity index (χ3v) is 3.59. The van der Waals surface area contributed by atoms with Gasteiger partial charge in [-0.25, -0.2) is 8.78 Å². The molecule has 0 amide bonds. The molecule has 0 aliphatic rings. The van der Waals surface area contributed by atoms with Crippen molar-refractivity contribution in [3.8, 4) is 0 Å². The maximum atomic E-state index is 13.3. The minimum absolute atomic E-state index is 0.0821. The summed E-state index contributed by atoms with van der Waals surface area (Å²) >= 11 is 0. The molecule has 0 fully saturated rings. The molecule has 0 saturated heterocycles. The van der Waals surface area contributed by atoms with Crippen LogP contribution >= 0.6 is 0 Å². The van der Waals surface area contributed by atoms with Crippen molar-refractivity contribution >= 4 is 5.69 Å². The second-order valence-electron chi connectivity index (χ2n) is 5.09. The van der Waals surface area contributed by atoms with Crippen molar-refractivity contribution < 1.29 is 8.78 Å². The molecule has 2 rings (SSSR count). The average Bonchev–Trinajstić information content (AvgIpc) is 2.47. The van der Waals surface area contributed by atoms with Crippen LogP contribution in [0, 0.1) is 11.6 Å². The van der Waals surface area contributed by atoms with Crippen LogP contribution in [0.4, 0.5) is 14.5 Å². The second kappa shape index (κ2) is 7.18. The average molecular weight is 290 g/mol. The van der Waals surface area contributed by atoms with E-state index in [1.807, 2.05) is 37.4 Å². The summed E-state index contributed by atoms with van der Waals surface area (Å²) in [5.41, 5.74) is 1.76. The van der Waals surface area contributed by atoms with Gasteiger partial charge < -0.3 is 10.2 Å². The summed E-state index contributed by atoms with van der Waals surface area (Å²) < 4.78 is 26.6. The third kappa shape index (κ3) is 4.26. The molecule has 1 N–H and O–H groups in total. The van der Waals surface area contributed by atoms with Gasteiger partial charge in [-0.3, -0.25) is 0 Å². The van der Waals surface area contributed by atoms with Crippen LogP contribution < -0.4 is 10.2 Å². The van der Waals surface area contributed by atoms with Gasteiger partial charge in [0.2, 0.25) is 0 Å². The fourth-order valence-electron chi connectivity index (χ4n) is 2.39. The lowest BCUT2D eigenvalue weighted by molar-refractivity contribution is 0.529. The number of halogens is 2. The van der Waals surface area contributed by atoms with Crippen LogP contribution in [0.15, 0.2) is 48.5 Å². The van der Waals surface area contributed by atoms with Crippen molar-refractivity contribution in [3.63, 3.8) is 0 Å². The van der Waals surface area contributed by atoms with Crippen LogP contribution in [0.25, 0.3) is 0 Å². The molecule has 0 saturated carbocycles. The zero-order valence-corrected chi connectivity index (χ0v) is 12.3. The summed E-state index contributed by atoms with van der Waals surface area (Å²) in [6, 6.07) is 13.6. The van der Waals surface area contributed by atoms with Crippen molar-refractivity contribution in [1.82, 2.24) is 5.32 Å². The van der Waals surface area contributed by atoms with E-state index in [2.05, 4.69) is 10.2 Å². The Balaban J connectivity index is 2.02. The number of nitrogens with zero attached hydrogens (tertiary/aromatic N) is 1. The predicted octanol–water partition coefficient (Wildman–Crippen LogP) is 3.75. The van der Waals surface area contributed by atoms with Crippen LogP contribution in [0.3, 0.4) is 0 Å². The minimum atomic E-state index is -0.540. The summed E-state index contributed by atoms with van der Waals surface area (Å²) in [5.74, 6) is -1.08. The van der Waals surface area contributed by atoms with Crippen LogP contribution in [0.1, 0.15) is 18.0 Å². The number of hydrogen-bond donors (Lipinski definition) is 1. The lowest BCUT2D eigenvalue weighted by Gasteiger charge is -2.23. The first-order chi connectivity index (χ1) is 10.1. The van der Waals surface area contributed by atoms with Gasteiger partial charge in [0.25, 0.3) is 0 Å². The molecule has 0 aliphatic carbocycles. The summed E-state index contributed by atoms with van der Waals surface area (Å²) in [6.07, 6.45) is 0.755. The lowest BCUT2D eigenvalue weighted by atomic mass is 10.0. The van der Waals surface area contributed by atoms with Gasteiger partial charge in [-0.15, -0.1) is 0 Å². The summed E-state index contributed by atoms with van der Waals surface area (Å²) in [4.78, 5) is 2.12. The molecule has 21 heavy (non-hydrogen) atoms. The molecule has 0 heterocycles. The highest BCUT2D eigenvalue weighted by Gasteiger charge is 2.13. The number of nitrogens with one attached hydrogen (secondary N) is 1. The van der Waals surface area contributed by atoms with E-state index in [0.29, 0.717) is 5.56 Å². The van der Waals surface area contributed by atoms with Crippen LogP contribution in [-0.2, 0) is 0 Å². The van der Waals surface area contributed by atoms with Crippen LogP contribution in [0.2, 0.25) is 0 Å². The first-order valence-corrected chi connectivity index (χ1v) is 6.99. The quantitative estimate of drug-likeness (QED) is 0.871. The molecule has 4 heteroatoms. The highest BCUT2D eigenvalue weighted by Crippen LogP contribution is 2.21. The fourth-order valence-corrected chi connectivity index (χ4v) is 2.39. The molecule has 0 aromatic heterocycles. The molecule has 2 aromatic rings. The zero-order valence-electron chi connectivity index (χ0n) is 12.3. The van der Waals surface area contributed by atoms with Crippen LogP contribution in [-0.4, -0.2) is 20.6 Å². The molecular weight excluding hydrogens is 270 g/mol. The largest absolute Gasteiger partial charge is 0.375 e. The van der Waals surface area contributed by atoms with E-state index in [4.69, 9.17) is 0 Å². The maximum absolute atomic E-state index is 13.3. The smallest absolute Gasteiger partial charge is 0.126 e. The van der Waals surface area contributed by atoms with E-state index < -0.39 is 11.6 Å². The Morgan fingerprint density at radius 2 is 1.67 bits per heavy atom. The van der Waals surface area contributed by atoms with Gasteiger partial charge in [0.15, 0.2) is 0 Å². The normalized spacial score (nSPS) is 12.2. The molecular formula is C17H20F2N2. The number of hydrogen-bond acceptors (Lipinski definition) is 2. The Morgan fingerprint density at radius 1 is 1.05 bits per heavy atom. The number of rotatable bonds is 6. The van der Waals surface area contributed by atoms with Crippen molar-refractivity contribution in [2.45, 2.75) is 12.5 Å². The third-order valence-electron chi connectivity index (χ3n) is 3.59. The SMILES string of the molecule is CNC(CCN(C)c1ccccc1)c1cc(F)cc(F)c1. The standard InChI is InChI=1S/C17H20F2N2/c1-20-17(13-10-14(18)12-15(19)11-13)8-9-21(2)16-6-4-3-5-7-16/h3-7,10-12,17,20H,8-9H2,1-2H3. The highest BCUT2D eigenvalue weighted by molar-refractivity contribution is 5.44. The number of anilines is 1. The van der Waals surface area contributed by atoms with E-state index in [1.165, 1.54) is 12.1 Å². The van der Waals surface area contributed by atoms with Gasteiger partial charge in [0, 0.05) is 31.4 Å². The Kier molecular flexibility index (Phi) is 5.28. The fraction of sp³-hybridized carbons (Fsp3) is 0.294. The van der Waals surface area contributed by atoms with E-state index in [9.17, 15) is 8.78 Å². The number of para-hydroxylation sites is 1. The molecule has 1 unspecified atom stereocenters.